The highest BCUT2D eigenvalue weighted by atomic mass is 16.5. The van der Waals surface area contributed by atoms with Gasteiger partial charge in [-0.2, -0.15) is 0 Å². The molecule has 0 unspecified atom stereocenters. The molecule has 0 spiro atoms. The Morgan fingerprint density at radius 2 is 2.00 bits per heavy atom. The van der Waals surface area contributed by atoms with Gasteiger partial charge in [0, 0.05) is 26.2 Å². The number of hydrogen-bond acceptors (Lipinski definition) is 2. The molecule has 13 heavy (non-hydrogen) atoms. The molecule has 0 aliphatic heterocycles. The maximum absolute atomic E-state index is 5.63. The number of rotatable bonds is 8. The molecule has 0 aliphatic rings. The fourth-order valence-electron chi connectivity index (χ4n) is 0.971. The van der Waals surface area contributed by atoms with Gasteiger partial charge in [0.2, 0.25) is 0 Å². The molecule has 0 aromatic heterocycles. The van der Waals surface area contributed by atoms with Crippen LogP contribution in [0.2, 0.25) is 0 Å². The van der Waals surface area contributed by atoms with Gasteiger partial charge in [0.05, 0.1) is 5.84 Å². The average molecular weight is 186 g/mol. The van der Waals surface area contributed by atoms with E-state index in [0.29, 0.717) is 0 Å². The Kier molecular flexibility index (Phi) is 9.10. The van der Waals surface area contributed by atoms with Gasteiger partial charge in [-0.1, -0.05) is 13.8 Å². The van der Waals surface area contributed by atoms with Crippen LogP contribution in [-0.2, 0) is 4.74 Å². The molecule has 2 N–H and O–H groups in total. The smallest absolute Gasteiger partial charge is 0.0936 e. The van der Waals surface area contributed by atoms with Crippen LogP contribution >= 0.6 is 0 Å². The molecule has 0 fully saturated rings. The first-order chi connectivity index (χ1) is 6.31. The minimum Gasteiger partial charge on any atom is -0.387 e. The highest BCUT2D eigenvalue weighted by Gasteiger charge is 1.90. The Balaban J connectivity index is 3.18. The van der Waals surface area contributed by atoms with Crippen molar-refractivity contribution in [3.05, 3.63) is 0 Å². The van der Waals surface area contributed by atoms with E-state index in [1.807, 2.05) is 0 Å². The Morgan fingerprint density at radius 3 is 2.62 bits per heavy atom. The number of ether oxygens (including phenoxy) is 1. The van der Waals surface area contributed by atoms with Crippen LogP contribution in [0.3, 0.4) is 0 Å². The maximum Gasteiger partial charge on any atom is 0.0936 e. The average Bonchev–Trinajstić information content (AvgIpc) is 2.11. The summed E-state index contributed by atoms with van der Waals surface area (Å²) in [6.07, 6.45) is 4.04. The summed E-state index contributed by atoms with van der Waals surface area (Å²) in [6, 6.07) is 0. The zero-order valence-electron chi connectivity index (χ0n) is 8.88. The Labute approximate surface area is 81.4 Å². The quantitative estimate of drug-likeness (QED) is 0.358. The molecule has 3 nitrogen and oxygen atoms in total. The van der Waals surface area contributed by atoms with Gasteiger partial charge in [-0.15, -0.1) is 0 Å². The largest absolute Gasteiger partial charge is 0.387 e. The van der Waals surface area contributed by atoms with Gasteiger partial charge in [-0.3, -0.25) is 4.99 Å². The number of nitrogens with two attached hydrogens (primary N) is 1. The molecule has 0 amide bonds. The molecule has 0 heterocycles. The zero-order chi connectivity index (χ0) is 9.94. The summed E-state index contributed by atoms with van der Waals surface area (Å²) in [4.78, 5) is 4.23. The fourth-order valence-corrected chi connectivity index (χ4v) is 0.971. The van der Waals surface area contributed by atoms with E-state index in [4.69, 9.17) is 10.5 Å². The molecule has 0 saturated heterocycles. The fraction of sp³-hybridized carbons (Fsp3) is 0.900. The first-order valence-corrected chi connectivity index (χ1v) is 5.17. The lowest BCUT2D eigenvalue weighted by molar-refractivity contribution is 0.134. The lowest BCUT2D eigenvalue weighted by atomic mass is 10.3. The van der Waals surface area contributed by atoms with Crippen LogP contribution in [-0.4, -0.2) is 25.6 Å². The van der Waals surface area contributed by atoms with Crippen molar-refractivity contribution in [2.75, 3.05) is 19.8 Å². The van der Waals surface area contributed by atoms with Crippen molar-refractivity contribution in [3.8, 4) is 0 Å². The molecule has 0 rings (SSSR count). The van der Waals surface area contributed by atoms with Gasteiger partial charge in [0.15, 0.2) is 0 Å². The lowest BCUT2D eigenvalue weighted by Gasteiger charge is -2.00. The van der Waals surface area contributed by atoms with Gasteiger partial charge < -0.3 is 10.5 Å². The van der Waals surface area contributed by atoms with Crippen LogP contribution in [0, 0.1) is 0 Å². The molecule has 3 heteroatoms. The normalized spacial score (nSPS) is 12.0. The molecule has 0 bridgehead atoms. The van der Waals surface area contributed by atoms with E-state index in [-0.39, 0.29) is 0 Å². The van der Waals surface area contributed by atoms with Crippen molar-refractivity contribution < 1.29 is 4.74 Å². The molecule has 0 aromatic rings. The third-order valence-corrected chi connectivity index (χ3v) is 1.62. The van der Waals surface area contributed by atoms with Crippen molar-refractivity contribution in [2.45, 2.75) is 39.5 Å². The number of amidine groups is 1. The summed E-state index contributed by atoms with van der Waals surface area (Å²) >= 11 is 0. The van der Waals surface area contributed by atoms with E-state index in [1.165, 1.54) is 0 Å². The highest BCUT2D eigenvalue weighted by molar-refractivity contribution is 5.80. The Bertz CT molecular complexity index is 135. The Hall–Kier alpha value is -0.570. The van der Waals surface area contributed by atoms with E-state index in [1.54, 1.807) is 0 Å². The summed E-state index contributed by atoms with van der Waals surface area (Å²) in [5.74, 6) is 0.776. The molecule has 0 aliphatic carbocycles. The molecule has 0 atom stereocenters. The highest BCUT2D eigenvalue weighted by Crippen LogP contribution is 1.90. The van der Waals surface area contributed by atoms with Crippen LogP contribution in [0.15, 0.2) is 4.99 Å². The van der Waals surface area contributed by atoms with Crippen molar-refractivity contribution in [1.29, 1.82) is 0 Å². The van der Waals surface area contributed by atoms with Crippen LogP contribution < -0.4 is 5.73 Å². The molecule has 0 saturated carbocycles. The van der Waals surface area contributed by atoms with E-state index < -0.39 is 0 Å². The third-order valence-electron chi connectivity index (χ3n) is 1.62. The van der Waals surface area contributed by atoms with Gasteiger partial charge in [0.1, 0.15) is 0 Å². The van der Waals surface area contributed by atoms with Crippen LogP contribution in [0.1, 0.15) is 39.5 Å². The summed E-state index contributed by atoms with van der Waals surface area (Å²) in [6.45, 7) is 6.67. The van der Waals surface area contributed by atoms with E-state index in [2.05, 4.69) is 18.8 Å². The van der Waals surface area contributed by atoms with Crippen LogP contribution in [0.4, 0.5) is 0 Å². The van der Waals surface area contributed by atoms with Crippen molar-refractivity contribution >= 4 is 5.84 Å². The lowest BCUT2D eigenvalue weighted by Crippen LogP contribution is -2.12. The number of hydrogen-bond donors (Lipinski definition) is 1. The predicted octanol–water partition coefficient (Wildman–Crippen LogP) is 1.96. The van der Waals surface area contributed by atoms with Gasteiger partial charge in [-0.25, -0.2) is 0 Å². The molecular formula is C10H22N2O. The van der Waals surface area contributed by atoms with Crippen molar-refractivity contribution in [3.63, 3.8) is 0 Å². The van der Waals surface area contributed by atoms with E-state index >= 15 is 0 Å². The first-order valence-electron chi connectivity index (χ1n) is 5.17. The van der Waals surface area contributed by atoms with Gasteiger partial charge >= 0.3 is 0 Å². The third kappa shape index (κ3) is 9.34. The van der Waals surface area contributed by atoms with Crippen LogP contribution in [0.25, 0.3) is 0 Å². The minimum absolute atomic E-state index is 0.776. The summed E-state index contributed by atoms with van der Waals surface area (Å²) in [5.41, 5.74) is 5.63. The first kappa shape index (κ1) is 12.4. The second kappa shape index (κ2) is 9.52. The predicted molar refractivity (Wildman–Crippen MR) is 57.1 cm³/mol. The number of aliphatic imine (C=N–C) groups is 1. The molecular weight excluding hydrogens is 164 g/mol. The monoisotopic (exact) mass is 186 g/mol. The minimum atomic E-state index is 0.776. The van der Waals surface area contributed by atoms with E-state index in [9.17, 15) is 0 Å². The zero-order valence-corrected chi connectivity index (χ0v) is 8.88. The molecule has 78 valence electrons. The van der Waals surface area contributed by atoms with Crippen LogP contribution in [0.5, 0.6) is 0 Å². The number of nitrogens with zero attached hydrogens (tertiary/aromatic N) is 1. The van der Waals surface area contributed by atoms with Gasteiger partial charge in [0.25, 0.3) is 0 Å². The summed E-state index contributed by atoms with van der Waals surface area (Å²) < 4.78 is 5.31. The SMILES string of the molecule is CCCOCCCN=C(N)CCC. The van der Waals surface area contributed by atoms with E-state index in [0.717, 1.165) is 51.3 Å². The summed E-state index contributed by atoms with van der Waals surface area (Å²) in [7, 11) is 0. The standard InChI is InChI=1S/C10H22N2O/c1-3-6-10(11)12-7-5-9-13-8-4-2/h3-9H2,1-2H3,(H2,11,12). The second-order valence-corrected chi connectivity index (χ2v) is 3.09. The van der Waals surface area contributed by atoms with Crippen molar-refractivity contribution in [1.82, 2.24) is 0 Å². The maximum atomic E-state index is 5.63. The van der Waals surface area contributed by atoms with Crippen molar-refractivity contribution in [2.24, 2.45) is 10.7 Å². The molecule has 0 aromatic carbocycles. The summed E-state index contributed by atoms with van der Waals surface area (Å²) in [5, 5.41) is 0. The topological polar surface area (TPSA) is 47.6 Å². The second-order valence-electron chi connectivity index (χ2n) is 3.09. The van der Waals surface area contributed by atoms with Gasteiger partial charge in [-0.05, 0) is 19.3 Å². The Morgan fingerprint density at radius 1 is 1.23 bits per heavy atom. The molecule has 0 radical (unpaired) electrons.